The van der Waals surface area contributed by atoms with Crippen LogP contribution in [0.1, 0.15) is 12.8 Å². The van der Waals surface area contributed by atoms with Crippen molar-refractivity contribution >= 4 is 21.8 Å². The third-order valence-corrected chi connectivity index (χ3v) is 5.51. The second-order valence-corrected chi connectivity index (χ2v) is 7.78. The molecule has 134 valence electrons. The van der Waals surface area contributed by atoms with E-state index in [9.17, 15) is 17.6 Å². The highest BCUT2D eigenvalue weighted by Gasteiger charge is 2.27. The van der Waals surface area contributed by atoms with Gasteiger partial charge in [0.25, 0.3) is 0 Å². The Morgan fingerprint density at radius 2 is 2.00 bits per heavy atom. The molecule has 24 heavy (non-hydrogen) atoms. The van der Waals surface area contributed by atoms with Gasteiger partial charge in [-0.25, -0.2) is 8.70 Å². The highest BCUT2D eigenvalue weighted by Crippen LogP contribution is 2.19. The van der Waals surface area contributed by atoms with Gasteiger partial charge in [0.05, 0.1) is 11.8 Å². The summed E-state index contributed by atoms with van der Waals surface area (Å²) in [5.41, 5.74) is 0.220. The summed E-state index contributed by atoms with van der Waals surface area (Å²) in [4.78, 5) is 12.2. The van der Waals surface area contributed by atoms with Gasteiger partial charge in [-0.2, -0.15) is 12.7 Å². The van der Waals surface area contributed by atoms with Gasteiger partial charge in [0.2, 0.25) is 5.91 Å². The molecule has 1 aromatic carbocycles. The fraction of sp³-hybridized carbons (Fsp3) is 0.533. The summed E-state index contributed by atoms with van der Waals surface area (Å²) in [5.74, 6) is -0.927. The molecule has 0 radical (unpaired) electrons. The number of halogens is 1. The quantitative estimate of drug-likeness (QED) is 0.779. The molecule has 0 saturated carbocycles. The van der Waals surface area contributed by atoms with Crippen LogP contribution in [-0.2, 0) is 19.7 Å². The maximum Gasteiger partial charge on any atom is 0.304 e. The average Bonchev–Trinajstić information content (AvgIpc) is 3.05. The Kier molecular flexibility index (Phi) is 6.14. The van der Waals surface area contributed by atoms with E-state index in [2.05, 4.69) is 5.32 Å². The van der Waals surface area contributed by atoms with Gasteiger partial charge in [0.1, 0.15) is 12.4 Å². The number of nitrogens with one attached hydrogen (secondary N) is 1. The number of rotatable bonds is 7. The van der Waals surface area contributed by atoms with Gasteiger partial charge in [-0.05, 0) is 37.1 Å². The molecule has 7 nitrogen and oxygen atoms in total. The summed E-state index contributed by atoms with van der Waals surface area (Å²) in [5, 5.41) is 2.68. The first-order valence-corrected chi connectivity index (χ1v) is 9.04. The second-order valence-electron chi connectivity index (χ2n) is 5.71. The van der Waals surface area contributed by atoms with E-state index in [0.29, 0.717) is 13.2 Å². The van der Waals surface area contributed by atoms with E-state index in [1.54, 1.807) is 0 Å². The van der Waals surface area contributed by atoms with Crippen LogP contribution in [0.5, 0.6) is 0 Å². The zero-order valence-corrected chi connectivity index (χ0v) is 14.6. The molecule has 1 atom stereocenters. The highest BCUT2D eigenvalue weighted by atomic mass is 32.2. The Balaban J connectivity index is 2.10. The van der Waals surface area contributed by atoms with Gasteiger partial charge >= 0.3 is 10.2 Å². The summed E-state index contributed by atoms with van der Waals surface area (Å²) in [6.07, 6.45) is 1.80. The molecule has 0 aromatic heterocycles. The molecule has 9 heteroatoms. The maximum absolute atomic E-state index is 13.1. The largest absolute Gasteiger partial charge is 0.376 e. The number of carbonyl (C=O) groups is 1. The van der Waals surface area contributed by atoms with Gasteiger partial charge in [0.15, 0.2) is 0 Å². The van der Waals surface area contributed by atoms with Crippen molar-refractivity contribution in [3.8, 4) is 0 Å². The van der Waals surface area contributed by atoms with Gasteiger partial charge in [-0.15, -0.1) is 0 Å². The number of hydrogen-bond acceptors (Lipinski definition) is 4. The molecule has 1 unspecified atom stereocenters. The molecule has 1 aromatic rings. The Morgan fingerprint density at radius 1 is 1.33 bits per heavy atom. The van der Waals surface area contributed by atoms with Crippen LogP contribution in [0.3, 0.4) is 0 Å². The first kappa shape index (κ1) is 18.6. The lowest BCUT2D eigenvalue weighted by atomic mass is 10.2. The number of amides is 1. The fourth-order valence-electron chi connectivity index (χ4n) is 2.33. The van der Waals surface area contributed by atoms with E-state index in [1.807, 2.05) is 0 Å². The standard InChI is InChI=1S/C15H22FN3O4S/c1-18(2)24(21,22)19(13-7-5-12(16)6-8-13)11-15(20)17-10-14-4-3-9-23-14/h5-8,14H,3-4,9-11H2,1-2H3,(H,17,20). The zero-order chi connectivity index (χ0) is 17.7. The third kappa shape index (κ3) is 4.65. The number of carbonyl (C=O) groups excluding carboxylic acids is 1. The van der Waals surface area contributed by atoms with Crippen LogP contribution in [0.4, 0.5) is 10.1 Å². The molecule has 1 saturated heterocycles. The van der Waals surface area contributed by atoms with E-state index >= 15 is 0 Å². The summed E-state index contributed by atoms with van der Waals surface area (Å²) >= 11 is 0. The van der Waals surface area contributed by atoms with Crippen LogP contribution in [-0.4, -0.2) is 58.5 Å². The smallest absolute Gasteiger partial charge is 0.304 e. The van der Waals surface area contributed by atoms with Crippen LogP contribution < -0.4 is 9.62 Å². The fourth-order valence-corrected chi connectivity index (χ4v) is 3.39. The first-order chi connectivity index (χ1) is 11.3. The van der Waals surface area contributed by atoms with E-state index in [4.69, 9.17) is 4.74 Å². The first-order valence-electron chi connectivity index (χ1n) is 7.65. The molecule has 1 aliphatic heterocycles. The predicted molar refractivity (Wildman–Crippen MR) is 88.3 cm³/mol. The molecule has 1 heterocycles. The molecule has 1 amide bonds. The van der Waals surface area contributed by atoms with Crippen molar-refractivity contribution < 1.29 is 22.3 Å². The second kappa shape index (κ2) is 7.91. The van der Waals surface area contributed by atoms with Crippen LogP contribution in [0.2, 0.25) is 0 Å². The molecular weight excluding hydrogens is 337 g/mol. The lowest BCUT2D eigenvalue weighted by Gasteiger charge is -2.27. The van der Waals surface area contributed by atoms with E-state index in [1.165, 1.54) is 26.2 Å². The Hall–Kier alpha value is -1.71. The van der Waals surface area contributed by atoms with Gasteiger partial charge in [0, 0.05) is 27.2 Å². The minimum atomic E-state index is -3.89. The molecule has 1 fully saturated rings. The summed E-state index contributed by atoms with van der Waals surface area (Å²) in [7, 11) is -1.14. The molecule has 2 rings (SSSR count). The molecule has 0 aliphatic carbocycles. The van der Waals surface area contributed by atoms with E-state index in [0.717, 1.165) is 33.6 Å². The topological polar surface area (TPSA) is 79.0 Å². The summed E-state index contributed by atoms with van der Waals surface area (Å²) in [6.45, 7) is 0.633. The Bertz CT molecular complexity index is 658. The average molecular weight is 359 g/mol. The normalized spacial score (nSPS) is 17.9. The van der Waals surface area contributed by atoms with Crippen molar-refractivity contribution in [1.82, 2.24) is 9.62 Å². The zero-order valence-electron chi connectivity index (χ0n) is 13.7. The molecule has 0 spiro atoms. The number of ether oxygens (including phenoxy) is 1. The van der Waals surface area contributed by atoms with E-state index in [-0.39, 0.29) is 11.8 Å². The molecular formula is C15H22FN3O4S. The Labute approximate surface area is 141 Å². The minimum Gasteiger partial charge on any atom is -0.376 e. The van der Waals surface area contributed by atoms with Crippen LogP contribution in [0, 0.1) is 5.82 Å². The van der Waals surface area contributed by atoms with Crippen molar-refractivity contribution in [2.75, 3.05) is 38.1 Å². The molecule has 1 aliphatic rings. The van der Waals surface area contributed by atoms with Crippen molar-refractivity contribution in [3.05, 3.63) is 30.1 Å². The maximum atomic E-state index is 13.1. The molecule has 0 bridgehead atoms. The monoisotopic (exact) mass is 359 g/mol. The van der Waals surface area contributed by atoms with Crippen molar-refractivity contribution in [1.29, 1.82) is 0 Å². The number of hydrogen-bond donors (Lipinski definition) is 1. The number of anilines is 1. The SMILES string of the molecule is CN(C)S(=O)(=O)N(CC(=O)NCC1CCCO1)c1ccc(F)cc1. The Morgan fingerprint density at radius 3 is 2.54 bits per heavy atom. The van der Waals surface area contributed by atoms with Crippen molar-refractivity contribution in [3.63, 3.8) is 0 Å². The van der Waals surface area contributed by atoms with Crippen molar-refractivity contribution in [2.45, 2.75) is 18.9 Å². The number of nitrogens with zero attached hydrogens (tertiary/aromatic N) is 2. The van der Waals surface area contributed by atoms with E-state index < -0.39 is 28.5 Å². The van der Waals surface area contributed by atoms with Crippen LogP contribution in [0.15, 0.2) is 24.3 Å². The molecule has 1 N–H and O–H groups in total. The minimum absolute atomic E-state index is 0.0290. The lowest BCUT2D eigenvalue weighted by Crippen LogP contribution is -2.46. The van der Waals surface area contributed by atoms with Gasteiger partial charge in [-0.1, -0.05) is 0 Å². The van der Waals surface area contributed by atoms with Gasteiger partial charge in [-0.3, -0.25) is 4.79 Å². The van der Waals surface area contributed by atoms with Crippen LogP contribution in [0.25, 0.3) is 0 Å². The summed E-state index contributed by atoms with van der Waals surface area (Å²) in [6, 6.07) is 4.95. The number of benzene rings is 1. The van der Waals surface area contributed by atoms with Gasteiger partial charge < -0.3 is 10.1 Å². The highest BCUT2D eigenvalue weighted by molar-refractivity contribution is 7.90. The van der Waals surface area contributed by atoms with Crippen molar-refractivity contribution in [2.24, 2.45) is 0 Å². The third-order valence-electron chi connectivity index (χ3n) is 3.69. The van der Waals surface area contributed by atoms with Crippen LogP contribution >= 0.6 is 0 Å². The lowest BCUT2D eigenvalue weighted by molar-refractivity contribution is -0.120. The summed E-state index contributed by atoms with van der Waals surface area (Å²) < 4.78 is 45.4. The predicted octanol–water partition coefficient (Wildman–Crippen LogP) is 0.734.